The van der Waals surface area contributed by atoms with Crippen molar-refractivity contribution in [1.82, 2.24) is 4.57 Å². The van der Waals surface area contributed by atoms with Gasteiger partial charge in [-0.2, -0.15) is 4.99 Å². The normalized spacial score (nSPS) is 11.6. The molecule has 150 valence electrons. The van der Waals surface area contributed by atoms with Crippen LogP contribution in [0.3, 0.4) is 0 Å². The van der Waals surface area contributed by atoms with Gasteiger partial charge in [-0.15, -0.1) is 11.8 Å². The zero-order chi connectivity index (χ0) is 21.0. The number of carbonyl (C=O) groups is 2. The molecule has 0 aliphatic carbocycles. The number of nitrogens with zero attached hydrogens (tertiary/aromatic N) is 3. The molecule has 1 heterocycles. The van der Waals surface area contributed by atoms with Crippen LogP contribution in [0.15, 0.2) is 52.4 Å². The fourth-order valence-corrected chi connectivity index (χ4v) is 4.12. The van der Waals surface area contributed by atoms with Gasteiger partial charge in [-0.3, -0.25) is 19.7 Å². The molecule has 1 amide bonds. The van der Waals surface area contributed by atoms with Gasteiger partial charge in [0.2, 0.25) is 0 Å². The van der Waals surface area contributed by atoms with Gasteiger partial charge in [0.1, 0.15) is 6.54 Å². The van der Waals surface area contributed by atoms with Gasteiger partial charge >= 0.3 is 5.97 Å². The first-order chi connectivity index (χ1) is 13.9. The molecule has 0 radical (unpaired) electrons. The Bertz CT molecular complexity index is 1170. The quantitative estimate of drug-likeness (QED) is 0.255. The summed E-state index contributed by atoms with van der Waals surface area (Å²) in [5.41, 5.74) is 0.753. The lowest BCUT2D eigenvalue weighted by Crippen LogP contribution is -2.23. The average molecular weight is 431 g/mol. The Morgan fingerprint density at radius 1 is 1.28 bits per heavy atom. The maximum Gasteiger partial charge on any atom is 0.326 e. The smallest absolute Gasteiger partial charge is 0.326 e. The van der Waals surface area contributed by atoms with E-state index in [1.807, 2.05) is 12.3 Å². The molecule has 3 rings (SSSR count). The molecule has 10 heteroatoms. The van der Waals surface area contributed by atoms with Crippen LogP contribution in [0.4, 0.5) is 5.69 Å². The minimum Gasteiger partial charge on any atom is -0.465 e. The van der Waals surface area contributed by atoms with E-state index in [1.165, 1.54) is 39.8 Å². The third-order valence-electron chi connectivity index (χ3n) is 3.98. The number of ether oxygens (including phenoxy) is 1. The predicted octanol–water partition coefficient (Wildman–Crippen LogP) is 3.64. The minimum absolute atomic E-state index is 0.113. The Labute approximate surface area is 174 Å². The average Bonchev–Trinajstić information content (AvgIpc) is 3.04. The minimum atomic E-state index is -0.517. The zero-order valence-electron chi connectivity index (χ0n) is 15.7. The summed E-state index contributed by atoms with van der Waals surface area (Å²) < 4.78 is 7.14. The third kappa shape index (κ3) is 4.72. The van der Waals surface area contributed by atoms with Crippen molar-refractivity contribution in [2.75, 3.05) is 12.9 Å². The van der Waals surface area contributed by atoms with Crippen molar-refractivity contribution in [3.8, 4) is 0 Å². The molecule has 0 saturated heterocycles. The van der Waals surface area contributed by atoms with Crippen molar-refractivity contribution < 1.29 is 19.2 Å². The second-order valence-electron chi connectivity index (χ2n) is 5.83. The van der Waals surface area contributed by atoms with Crippen LogP contribution in [0.25, 0.3) is 10.2 Å². The molecular formula is C19H17N3O5S2. The molecule has 0 aliphatic rings. The molecule has 3 aromatic rings. The maximum atomic E-state index is 12.7. The van der Waals surface area contributed by atoms with Crippen LogP contribution in [0, 0.1) is 10.1 Å². The van der Waals surface area contributed by atoms with Crippen LogP contribution in [-0.4, -0.2) is 34.2 Å². The summed E-state index contributed by atoms with van der Waals surface area (Å²) in [6.45, 7) is 1.69. The van der Waals surface area contributed by atoms with Gasteiger partial charge in [0.15, 0.2) is 4.80 Å². The lowest BCUT2D eigenvalue weighted by Gasteiger charge is -2.05. The van der Waals surface area contributed by atoms with Gasteiger partial charge in [-0.25, -0.2) is 0 Å². The number of hydrogen-bond donors (Lipinski definition) is 0. The maximum absolute atomic E-state index is 12.7. The molecule has 0 N–H and O–H groups in total. The van der Waals surface area contributed by atoms with Crippen LogP contribution < -0.4 is 4.80 Å². The Morgan fingerprint density at radius 3 is 2.76 bits per heavy atom. The number of hydrogen-bond acceptors (Lipinski definition) is 7. The highest BCUT2D eigenvalue weighted by Gasteiger charge is 2.16. The molecule has 0 unspecified atom stereocenters. The highest BCUT2D eigenvalue weighted by atomic mass is 32.2. The van der Waals surface area contributed by atoms with E-state index in [0.717, 1.165) is 4.90 Å². The monoisotopic (exact) mass is 431 g/mol. The lowest BCUT2D eigenvalue weighted by molar-refractivity contribution is -0.384. The number of esters is 1. The number of benzene rings is 2. The molecule has 2 aromatic carbocycles. The summed E-state index contributed by atoms with van der Waals surface area (Å²) in [5.74, 6) is -0.975. The molecule has 1 aromatic heterocycles. The van der Waals surface area contributed by atoms with E-state index in [-0.39, 0.29) is 23.6 Å². The summed E-state index contributed by atoms with van der Waals surface area (Å²) in [5, 5.41) is 11.1. The number of thioether (sulfide) groups is 1. The van der Waals surface area contributed by atoms with Crippen molar-refractivity contribution in [3.63, 3.8) is 0 Å². The Kier molecular flexibility index (Phi) is 6.45. The molecule has 29 heavy (non-hydrogen) atoms. The Balaban J connectivity index is 2.14. The van der Waals surface area contributed by atoms with Crippen molar-refractivity contribution in [2.24, 2.45) is 4.99 Å². The Morgan fingerprint density at radius 2 is 2.07 bits per heavy atom. The van der Waals surface area contributed by atoms with Gasteiger partial charge in [0.25, 0.3) is 11.6 Å². The second kappa shape index (κ2) is 9.01. The summed E-state index contributed by atoms with van der Waals surface area (Å²) in [6.07, 6.45) is 1.91. The summed E-state index contributed by atoms with van der Waals surface area (Å²) >= 11 is 2.69. The number of rotatable bonds is 6. The predicted molar refractivity (Wildman–Crippen MR) is 111 cm³/mol. The zero-order valence-corrected chi connectivity index (χ0v) is 17.3. The topological polar surface area (TPSA) is 104 Å². The van der Waals surface area contributed by atoms with E-state index in [4.69, 9.17) is 4.74 Å². The molecule has 0 fully saturated rings. The van der Waals surface area contributed by atoms with E-state index in [1.54, 1.807) is 31.2 Å². The summed E-state index contributed by atoms with van der Waals surface area (Å²) in [4.78, 5) is 40.8. The van der Waals surface area contributed by atoms with E-state index in [9.17, 15) is 19.7 Å². The van der Waals surface area contributed by atoms with E-state index in [0.29, 0.717) is 15.8 Å². The molecule has 8 nitrogen and oxygen atoms in total. The number of non-ortho nitro benzene ring substituents is 1. The standard InChI is InChI=1S/C19H17N3O5S2/c1-3-27-17(23)11-21-15-10-13(22(25)26)7-8-16(15)29-19(21)20-18(24)12-5-4-6-14(9-12)28-2/h4-10H,3,11H2,1-2H3. The number of nitro benzene ring substituents is 1. The van der Waals surface area contributed by atoms with Crippen LogP contribution >= 0.6 is 23.1 Å². The second-order valence-corrected chi connectivity index (χ2v) is 7.72. The van der Waals surface area contributed by atoms with E-state index in [2.05, 4.69) is 4.99 Å². The van der Waals surface area contributed by atoms with Gasteiger partial charge < -0.3 is 9.30 Å². The van der Waals surface area contributed by atoms with Crippen LogP contribution in [0.5, 0.6) is 0 Å². The van der Waals surface area contributed by atoms with Crippen LogP contribution in [-0.2, 0) is 16.1 Å². The molecule has 0 saturated carbocycles. The van der Waals surface area contributed by atoms with Crippen molar-refractivity contribution in [3.05, 3.63) is 62.9 Å². The summed E-state index contributed by atoms with van der Waals surface area (Å²) in [6, 6.07) is 11.4. The van der Waals surface area contributed by atoms with Gasteiger partial charge in [-0.05, 0) is 37.4 Å². The molecule has 0 aliphatic heterocycles. The fourth-order valence-electron chi connectivity index (χ4n) is 2.65. The fraction of sp³-hybridized carbons (Fsp3) is 0.211. The van der Waals surface area contributed by atoms with Crippen LogP contribution in [0.1, 0.15) is 17.3 Å². The first-order valence-corrected chi connectivity index (χ1v) is 10.6. The van der Waals surface area contributed by atoms with E-state index < -0.39 is 16.8 Å². The summed E-state index contributed by atoms with van der Waals surface area (Å²) in [7, 11) is 0. The third-order valence-corrected chi connectivity index (χ3v) is 5.77. The lowest BCUT2D eigenvalue weighted by atomic mass is 10.2. The number of amides is 1. The number of fused-ring (bicyclic) bond motifs is 1. The van der Waals surface area contributed by atoms with Crippen molar-refractivity contribution in [2.45, 2.75) is 18.4 Å². The highest BCUT2D eigenvalue weighted by Crippen LogP contribution is 2.23. The number of nitro groups is 1. The molecular weight excluding hydrogens is 414 g/mol. The number of carbonyl (C=O) groups excluding carboxylic acids is 2. The molecule has 0 spiro atoms. The Hall–Kier alpha value is -2.98. The van der Waals surface area contributed by atoms with Crippen molar-refractivity contribution in [1.29, 1.82) is 0 Å². The largest absolute Gasteiger partial charge is 0.465 e. The molecule has 0 bridgehead atoms. The van der Waals surface area contributed by atoms with Gasteiger partial charge in [-0.1, -0.05) is 17.4 Å². The van der Waals surface area contributed by atoms with Gasteiger partial charge in [0.05, 0.1) is 21.7 Å². The molecule has 0 atom stereocenters. The van der Waals surface area contributed by atoms with E-state index >= 15 is 0 Å². The van der Waals surface area contributed by atoms with Crippen LogP contribution in [0.2, 0.25) is 0 Å². The number of aromatic nitrogens is 1. The first-order valence-electron chi connectivity index (χ1n) is 8.59. The number of thiazole rings is 1. The van der Waals surface area contributed by atoms with Crippen molar-refractivity contribution >= 4 is 50.9 Å². The first kappa shape index (κ1) is 20.7. The SMILES string of the molecule is CCOC(=O)Cn1c(=NC(=O)c2cccc(SC)c2)sc2ccc([N+](=O)[O-])cc21. The highest BCUT2D eigenvalue weighted by molar-refractivity contribution is 7.98. The van der Waals surface area contributed by atoms with Gasteiger partial charge in [0, 0.05) is 22.6 Å².